The molecule has 0 radical (unpaired) electrons. The number of hydrogen-bond acceptors (Lipinski definition) is 7. The van der Waals surface area contributed by atoms with E-state index in [1.54, 1.807) is 40.3 Å². The standard InChI is InChI=1S/C24H36BNO6/c1-6-9-31-23-11-18(7-8-22(23)30-5)19-10-20(15-26-14-19)21(16-27)13-25(29)32-17(2)12-24(3,4)28/h7-8,10-11,14-15,17,21,27-29H,6,9,12-13,16H2,1-5H3/t17?,21-/m0/s1. The van der Waals surface area contributed by atoms with Gasteiger partial charge in [-0.15, -0.1) is 0 Å². The molecule has 8 heteroatoms. The lowest BCUT2D eigenvalue weighted by atomic mass is 9.75. The average Bonchev–Trinajstić information content (AvgIpc) is 2.74. The first-order valence-corrected chi connectivity index (χ1v) is 11.1. The number of hydrogen-bond donors (Lipinski definition) is 3. The second-order valence-corrected chi connectivity index (χ2v) is 8.75. The Bertz CT molecular complexity index is 841. The van der Waals surface area contributed by atoms with Crippen molar-refractivity contribution in [2.24, 2.45) is 0 Å². The van der Waals surface area contributed by atoms with E-state index in [0.29, 0.717) is 24.5 Å². The van der Waals surface area contributed by atoms with E-state index in [1.807, 2.05) is 31.2 Å². The molecule has 176 valence electrons. The number of nitrogens with zero attached hydrogens (tertiary/aromatic N) is 1. The van der Waals surface area contributed by atoms with Crippen LogP contribution in [0.25, 0.3) is 11.1 Å². The van der Waals surface area contributed by atoms with Crippen LogP contribution in [0.3, 0.4) is 0 Å². The predicted molar refractivity (Wildman–Crippen MR) is 126 cm³/mol. The Morgan fingerprint density at radius 3 is 2.50 bits per heavy atom. The van der Waals surface area contributed by atoms with E-state index < -0.39 is 12.7 Å². The molecule has 0 amide bonds. The highest BCUT2D eigenvalue weighted by Gasteiger charge is 2.26. The summed E-state index contributed by atoms with van der Waals surface area (Å²) in [4.78, 5) is 4.34. The molecule has 1 unspecified atom stereocenters. The monoisotopic (exact) mass is 445 g/mol. The van der Waals surface area contributed by atoms with Gasteiger partial charge in [0.2, 0.25) is 0 Å². The minimum Gasteiger partial charge on any atom is -0.493 e. The first-order valence-electron chi connectivity index (χ1n) is 11.1. The molecule has 0 saturated carbocycles. The molecular formula is C24H36BNO6. The molecule has 0 spiro atoms. The smallest absolute Gasteiger partial charge is 0.455 e. The summed E-state index contributed by atoms with van der Waals surface area (Å²) in [6.07, 6.45) is 4.61. The van der Waals surface area contributed by atoms with Gasteiger partial charge in [0, 0.05) is 36.6 Å². The SMILES string of the molecule is CCCOc1cc(-c2cncc([C@H](CO)CB(O)OC(C)CC(C)(C)O)c2)ccc1OC. The Kier molecular flexibility index (Phi) is 9.97. The number of benzene rings is 1. The normalized spacial score (nSPS) is 13.5. The van der Waals surface area contributed by atoms with Crippen molar-refractivity contribution >= 4 is 7.12 Å². The molecule has 0 fully saturated rings. The lowest BCUT2D eigenvalue weighted by Crippen LogP contribution is -2.32. The van der Waals surface area contributed by atoms with Crippen LogP contribution in [0.15, 0.2) is 36.7 Å². The van der Waals surface area contributed by atoms with E-state index in [1.165, 1.54) is 0 Å². The van der Waals surface area contributed by atoms with Crippen LogP contribution in [0.4, 0.5) is 0 Å². The summed E-state index contributed by atoms with van der Waals surface area (Å²) < 4.78 is 16.8. The number of methoxy groups -OCH3 is 1. The van der Waals surface area contributed by atoms with Gasteiger partial charge in [-0.3, -0.25) is 4.98 Å². The zero-order valence-electron chi connectivity index (χ0n) is 19.7. The van der Waals surface area contributed by atoms with Gasteiger partial charge in [0.15, 0.2) is 11.5 Å². The van der Waals surface area contributed by atoms with E-state index in [0.717, 1.165) is 23.1 Å². The molecule has 0 aliphatic rings. The van der Waals surface area contributed by atoms with E-state index in [2.05, 4.69) is 4.98 Å². The number of pyridine rings is 1. The predicted octanol–water partition coefficient (Wildman–Crippen LogP) is 3.67. The molecule has 1 aromatic heterocycles. The van der Waals surface area contributed by atoms with Crippen molar-refractivity contribution in [2.75, 3.05) is 20.3 Å². The summed E-state index contributed by atoms with van der Waals surface area (Å²) >= 11 is 0. The van der Waals surface area contributed by atoms with E-state index in [9.17, 15) is 15.2 Å². The summed E-state index contributed by atoms with van der Waals surface area (Å²) in [6.45, 7) is 7.69. The maximum absolute atomic E-state index is 10.4. The van der Waals surface area contributed by atoms with Crippen molar-refractivity contribution in [1.29, 1.82) is 0 Å². The molecule has 2 atom stereocenters. The number of rotatable bonds is 13. The highest BCUT2D eigenvalue weighted by Crippen LogP contribution is 2.34. The second-order valence-electron chi connectivity index (χ2n) is 8.75. The van der Waals surface area contributed by atoms with E-state index in [-0.39, 0.29) is 24.9 Å². The maximum atomic E-state index is 10.4. The zero-order valence-corrected chi connectivity index (χ0v) is 19.7. The van der Waals surface area contributed by atoms with Crippen molar-refractivity contribution in [3.8, 4) is 22.6 Å². The van der Waals surface area contributed by atoms with Gasteiger partial charge < -0.3 is 29.4 Å². The Labute approximate surface area is 191 Å². The molecule has 32 heavy (non-hydrogen) atoms. The van der Waals surface area contributed by atoms with Crippen LogP contribution in [-0.2, 0) is 4.65 Å². The van der Waals surface area contributed by atoms with Crippen LogP contribution < -0.4 is 9.47 Å². The fraction of sp³-hybridized carbons (Fsp3) is 0.542. The summed E-state index contributed by atoms with van der Waals surface area (Å²) in [7, 11) is 0.542. The molecule has 7 nitrogen and oxygen atoms in total. The molecule has 0 aliphatic heterocycles. The molecule has 0 aliphatic carbocycles. The maximum Gasteiger partial charge on any atom is 0.455 e. The largest absolute Gasteiger partial charge is 0.493 e. The molecule has 3 N–H and O–H groups in total. The number of aromatic nitrogens is 1. The van der Waals surface area contributed by atoms with Crippen LogP contribution in [0.1, 0.15) is 52.0 Å². The lowest BCUT2D eigenvalue weighted by molar-refractivity contribution is 0.0263. The van der Waals surface area contributed by atoms with Crippen LogP contribution in [0.2, 0.25) is 6.32 Å². The Hall–Kier alpha value is -2.13. The van der Waals surface area contributed by atoms with Crippen LogP contribution in [0, 0.1) is 0 Å². The number of ether oxygens (including phenoxy) is 2. The van der Waals surface area contributed by atoms with Crippen molar-refractivity contribution in [2.45, 2.75) is 64.5 Å². The van der Waals surface area contributed by atoms with Gasteiger partial charge in [-0.1, -0.05) is 13.0 Å². The molecule has 2 aromatic rings. The summed E-state index contributed by atoms with van der Waals surface area (Å²) in [6, 6.07) is 7.66. The Balaban J connectivity index is 2.16. The molecule has 0 saturated heterocycles. The van der Waals surface area contributed by atoms with Gasteiger partial charge in [0.05, 0.1) is 19.3 Å². The van der Waals surface area contributed by atoms with Crippen molar-refractivity contribution in [3.63, 3.8) is 0 Å². The lowest BCUT2D eigenvalue weighted by Gasteiger charge is -2.25. The molecular weight excluding hydrogens is 409 g/mol. The zero-order chi connectivity index (χ0) is 23.7. The van der Waals surface area contributed by atoms with E-state index in [4.69, 9.17) is 14.1 Å². The molecule has 1 heterocycles. The van der Waals surface area contributed by atoms with Crippen LogP contribution in [0.5, 0.6) is 11.5 Å². The Morgan fingerprint density at radius 1 is 1.12 bits per heavy atom. The fourth-order valence-electron chi connectivity index (χ4n) is 3.65. The van der Waals surface area contributed by atoms with Crippen molar-refractivity contribution in [3.05, 3.63) is 42.2 Å². The third kappa shape index (κ3) is 8.09. The topological polar surface area (TPSA) is 101 Å². The quantitative estimate of drug-likeness (QED) is 0.405. The average molecular weight is 445 g/mol. The van der Waals surface area contributed by atoms with Crippen LogP contribution >= 0.6 is 0 Å². The van der Waals surface area contributed by atoms with Gasteiger partial charge in [0.25, 0.3) is 0 Å². The third-order valence-electron chi connectivity index (χ3n) is 5.07. The summed E-state index contributed by atoms with van der Waals surface area (Å²) in [5, 5.41) is 30.2. The molecule has 2 rings (SSSR count). The highest BCUT2D eigenvalue weighted by atomic mass is 16.5. The van der Waals surface area contributed by atoms with Crippen molar-refractivity contribution in [1.82, 2.24) is 4.98 Å². The first-order chi connectivity index (χ1) is 15.2. The van der Waals surface area contributed by atoms with Gasteiger partial charge >= 0.3 is 7.12 Å². The van der Waals surface area contributed by atoms with Crippen molar-refractivity contribution < 1.29 is 29.4 Å². The van der Waals surface area contributed by atoms with Gasteiger partial charge in [0.1, 0.15) is 0 Å². The fourth-order valence-corrected chi connectivity index (χ4v) is 3.65. The van der Waals surface area contributed by atoms with Gasteiger partial charge in [-0.25, -0.2) is 0 Å². The second kappa shape index (κ2) is 12.2. The highest BCUT2D eigenvalue weighted by molar-refractivity contribution is 6.43. The number of aliphatic hydroxyl groups is 2. The van der Waals surface area contributed by atoms with Gasteiger partial charge in [-0.2, -0.15) is 0 Å². The number of aliphatic hydroxyl groups excluding tert-OH is 1. The van der Waals surface area contributed by atoms with E-state index >= 15 is 0 Å². The first kappa shape index (κ1) is 26.1. The third-order valence-corrected chi connectivity index (χ3v) is 5.07. The minimum atomic E-state index is -1.07. The molecule has 0 bridgehead atoms. The Morgan fingerprint density at radius 2 is 1.88 bits per heavy atom. The van der Waals surface area contributed by atoms with Crippen LogP contribution in [-0.4, -0.2) is 59.4 Å². The molecule has 1 aromatic carbocycles. The summed E-state index contributed by atoms with van der Waals surface area (Å²) in [5.41, 5.74) is 1.70. The van der Waals surface area contributed by atoms with Gasteiger partial charge in [-0.05, 0) is 69.3 Å². The minimum absolute atomic E-state index is 0.154. The summed E-state index contributed by atoms with van der Waals surface area (Å²) in [5.74, 6) is 0.987.